The Balaban J connectivity index is 4.51. The van der Waals surface area contributed by atoms with Crippen LogP contribution in [-0.2, 0) is 9.59 Å². The van der Waals surface area contributed by atoms with E-state index < -0.39 is 61.6 Å². The largest absolute Gasteiger partial charge is 0.480 e. The normalized spacial score (nSPS) is 20.0. The van der Waals surface area contributed by atoms with Gasteiger partial charge in [0.05, 0.1) is 6.61 Å². The Morgan fingerprint density at radius 2 is 1.52 bits per heavy atom. The van der Waals surface area contributed by atoms with E-state index >= 15 is 0 Å². The van der Waals surface area contributed by atoms with E-state index in [9.17, 15) is 30.0 Å². The lowest BCUT2D eigenvalue weighted by Crippen LogP contribution is -2.55. The van der Waals surface area contributed by atoms with Crippen LogP contribution in [-0.4, -0.2) is 97.3 Å². The molecule has 6 atom stereocenters. The van der Waals surface area contributed by atoms with Crippen LogP contribution >= 0.6 is 0 Å². The van der Waals surface area contributed by atoms with E-state index in [4.69, 9.17) is 21.1 Å². The molecule has 0 aromatic rings. The molecule has 0 radical (unpaired) electrons. The molecule has 0 unspecified atom stereocenters. The second-order valence-corrected chi connectivity index (χ2v) is 4.36. The average Bonchev–Trinajstić information content (AvgIpc) is 2.47. The minimum absolute atomic E-state index is 0.532. The number of carboxylic acids is 1. The maximum Gasteiger partial charge on any atom is 0.322 e. The van der Waals surface area contributed by atoms with Crippen LogP contribution in [0, 0.1) is 0 Å². The van der Waals surface area contributed by atoms with Gasteiger partial charge in [-0.25, -0.2) is 0 Å². The first-order valence-corrected chi connectivity index (χ1v) is 5.90. The zero-order valence-corrected chi connectivity index (χ0v) is 10.9. The summed E-state index contributed by atoms with van der Waals surface area (Å²) in [6, 6.07) is -1.43. The number of carbonyl (C=O) groups is 2. The number of carboxylic acid groups (broad SMARTS) is 1. The predicted molar refractivity (Wildman–Crippen MR) is 65.7 cm³/mol. The van der Waals surface area contributed by atoms with E-state index in [2.05, 4.69) is 0 Å². The van der Waals surface area contributed by atoms with E-state index in [1.807, 2.05) is 5.32 Å². The minimum atomic E-state index is -2.21. The SMILES string of the molecule is N[C@H](CNC(=O)[C@H](O)[C@H](O)[C@@H](O)[C@H](O)[C@H](O)CO)C(=O)O. The topological polar surface area (TPSA) is 214 Å². The third kappa shape index (κ3) is 5.89. The first-order chi connectivity index (χ1) is 9.63. The molecule has 0 saturated heterocycles. The lowest BCUT2D eigenvalue weighted by atomic mass is 9.99. The van der Waals surface area contributed by atoms with Gasteiger partial charge in [-0.2, -0.15) is 0 Å². The van der Waals surface area contributed by atoms with Crippen molar-refractivity contribution < 1.29 is 45.3 Å². The zero-order chi connectivity index (χ0) is 16.7. The van der Waals surface area contributed by atoms with Crippen molar-refractivity contribution in [2.75, 3.05) is 13.2 Å². The molecule has 21 heavy (non-hydrogen) atoms. The van der Waals surface area contributed by atoms with Crippen molar-refractivity contribution in [3.8, 4) is 0 Å². The maximum atomic E-state index is 11.4. The van der Waals surface area contributed by atoms with Gasteiger partial charge in [-0.15, -0.1) is 0 Å². The maximum absolute atomic E-state index is 11.4. The smallest absolute Gasteiger partial charge is 0.322 e. The van der Waals surface area contributed by atoms with Crippen molar-refractivity contribution >= 4 is 11.9 Å². The highest BCUT2D eigenvalue weighted by Crippen LogP contribution is 2.08. The number of aliphatic hydroxyl groups is 6. The summed E-state index contributed by atoms with van der Waals surface area (Å²) in [4.78, 5) is 21.8. The molecule has 11 heteroatoms. The molecule has 0 aliphatic heterocycles. The third-order valence-corrected chi connectivity index (χ3v) is 2.69. The lowest BCUT2D eigenvalue weighted by molar-refractivity contribution is -0.157. The van der Waals surface area contributed by atoms with Crippen LogP contribution < -0.4 is 11.1 Å². The van der Waals surface area contributed by atoms with Crippen LogP contribution in [0.2, 0.25) is 0 Å². The predicted octanol–water partition coefficient (Wildman–Crippen LogP) is -5.69. The highest BCUT2D eigenvalue weighted by molar-refractivity contribution is 5.82. The highest BCUT2D eigenvalue weighted by Gasteiger charge is 2.37. The Morgan fingerprint density at radius 3 is 1.95 bits per heavy atom. The Kier molecular flexibility index (Phi) is 8.27. The summed E-state index contributed by atoms with van der Waals surface area (Å²) >= 11 is 0. The molecule has 1 amide bonds. The summed E-state index contributed by atoms with van der Waals surface area (Å²) in [6.07, 6.45) is -10.3. The first-order valence-electron chi connectivity index (χ1n) is 5.90. The summed E-state index contributed by atoms with van der Waals surface area (Å²) in [5, 5.41) is 65.7. The van der Waals surface area contributed by atoms with E-state index in [1.54, 1.807) is 0 Å². The number of carbonyl (C=O) groups excluding carboxylic acids is 1. The van der Waals surface area contributed by atoms with Gasteiger partial charge in [-0.3, -0.25) is 9.59 Å². The van der Waals surface area contributed by atoms with Gasteiger partial charge in [0, 0.05) is 6.54 Å². The summed E-state index contributed by atoms with van der Waals surface area (Å²) in [5.41, 5.74) is 5.10. The zero-order valence-electron chi connectivity index (χ0n) is 10.9. The van der Waals surface area contributed by atoms with E-state index in [0.717, 1.165) is 0 Å². The minimum Gasteiger partial charge on any atom is -0.480 e. The van der Waals surface area contributed by atoms with Crippen LogP contribution in [0.3, 0.4) is 0 Å². The quantitative estimate of drug-likeness (QED) is 0.196. The van der Waals surface area contributed by atoms with E-state index in [0.29, 0.717) is 0 Å². The molecular formula is C10H20N2O9. The molecule has 0 fully saturated rings. The van der Waals surface area contributed by atoms with Crippen molar-refractivity contribution in [3.63, 3.8) is 0 Å². The second-order valence-electron chi connectivity index (χ2n) is 4.36. The molecule has 0 saturated carbocycles. The van der Waals surface area contributed by atoms with Gasteiger partial charge in [-0.05, 0) is 0 Å². The second kappa shape index (κ2) is 8.84. The van der Waals surface area contributed by atoms with Gasteiger partial charge in [0.25, 0.3) is 5.91 Å². The van der Waals surface area contributed by atoms with Crippen LogP contribution in [0.15, 0.2) is 0 Å². The Labute approximate surface area is 119 Å². The summed E-state index contributed by atoms with van der Waals surface area (Å²) < 4.78 is 0. The van der Waals surface area contributed by atoms with E-state index in [-0.39, 0.29) is 0 Å². The number of nitrogens with one attached hydrogen (secondary N) is 1. The Hall–Kier alpha value is -1.34. The summed E-state index contributed by atoms with van der Waals surface area (Å²) in [5.74, 6) is -2.63. The molecular weight excluding hydrogens is 292 g/mol. The first kappa shape index (κ1) is 19.7. The number of hydrogen-bond donors (Lipinski definition) is 9. The van der Waals surface area contributed by atoms with Crippen molar-refractivity contribution in [2.24, 2.45) is 5.73 Å². The Bertz CT molecular complexity index is 353. The van der Waals surface area contributed by atoms with Gasteiger partial charge in [0.2, 0.25) is 0 Å². The molecule has 11 nitrogen and oxygen atoms in total. The molecule has 124 valence electrons. The number of rotatable bonds is 9. The fourth-order valence-electron chi connectivity index (χ4n) is 1.28. The molecule has 0 rings (SSSR count). The van der Waals surface area contributed by atoms with Gasteiger partial charge < -0.3 is 46.8 Å². The summed E-state index contributed by atoms with van der Waals surface area (Å²) in [7, 11) is 0. The fraction of sp³-hybridized carbons (Fsp3) is 0.800. The molecule has 0 aromatic carbocycles. The van der Waals surface area contributed by atoms with Crippen molar-refractivity contribution in [3.05, 3.63) is 0 Å². The van der Waals surface area contributed by atoms with Gasteiger partial charge in [0.1, 0.15) is 30.5 Å². The average molecular weight is 312 g/mol. The molecule has 10 N–H and O–H groups in total. The summed E-state index contributed by atoms with van der Waals surface area (Å²) in [6.45, 7) is -1.45. The highest BCUT2D eigenvalue weighted by atomic mass is 16.4. The monoisotopic (exact) mass is 312 g/mol. The molecule has 0 aromatic heterocycles. The third-order valence-electron chi connectivity index (χ3n) is 2.69. The van der Waals surface area contributed by atoms with Gasteiger partial charge in [-0.1, -0.05) is 0 Å². The van der Waals surface area contributed by atoms with Crippen molar-refractivity contribution in [1.82, 2.24) is 5.32 Å². The van der Waals surface area contributed by atoms with Crippen LogP contribution in [0.5, 0.6) is 0 Å². The van der Waals surface area contributed by atoms with Crippen LogP contribution in [0.1, 0.15) is 0 Å². The number of aliphatic hydroxyl groups excluding tert-OH is 6. The standard InChI is InChI=1S/C10H20N2O9/c11-3(10(20)21)1-12-9(19)8(18)7(17)6(16)5(15)4(14)2-13/h3-8,13-18H,1-2,11H2,(H,12,19)(H,20,21)/t3-,4-,5-,6+,7-,8-/m1/s1. The number of nitrogens with two attached hydrogens (primary N) is 1. The Morgan fingerprint density at radius 1 is 1.00 bits per heavy atom. The number of aliphatic carboxylic acids is 1. The van der Waals surface area contributed by atoms with Crippen LogP contribution in [0.4, 0.5) is 0 Å². The van der Waals surface area contributed by atoms with Gasteiger partial charge >= 0.3 is 5.97 Å². The van der Waals surface area contributed by atoms with Crippen molar-refractivity contribution in [2.45, 2.75) is 36.6 Å². The molecule has 0 bridgehead atoms. The number of hydrogen-bond acceptors (Lipinski definition) is 9. The number of amides is 1. The fourth-order valence-corrected chi connectivity index (χ4v) is 1.28. The lowest BCUT2D eigenvalue weighted by Gasteiger charge is -2.28. The molecule has 0 heterocycles. The van der Waals surface area contributed by atoms with Crippen molar-refractivity contribution in [1.29, 1.82) is 0 Å². The van der Waals surface area contributed by atoms with Gasteiger partial charge in [0.15, 0.2) is 6.10 Å². The molecule has 0 spiro atoms. The molecule has 0 aliphatic rings. The van der Waals surface area contributed by atoms with Crippen LogP contribution in [0.25, 0.3) is 0 Å². The molecule has 0 aliphatic carbocycles. The van der Waals surface area contributed by atoms with E-state index in [1.165, 1.54) is 0 Å².